The van der Waals surface area contributed by atoms with Crippen molar-refractivity contribution in [1.82, 2.24) is 5.32 Å². The Balaban J connectivity index is 3.07. The van der Waals surface area contributed by atoms with Crippen LogP contribution in [0.15, 0.2) is 23.1 Å². The number of alkyl halides is 3. The van der Waals surface area contributed by atoms with Gasteiger partial charge in [0.05, 0.1) is 5.56 Å². The summed E-state index contributed by atoms with van der Waals surface area (Å²) in [6.07, 6.45) is -4.32. The van der Waals surface area contributed by atoms with Gasteiger partial charge in [0.15, 0.2) is 0 Å². The average Bonchev–Trinajstić information content (AvgIpc) is 2.24. The van der Waals surface area contributed by atoms with E-state index in [9.17, 15) is 13.2 Å². The van der Waals surface area contributed by atoms with E-state index >= 15 is 0 Å². The molecule has 1 aromatic carbocycles. The van der Waals surface area contributed by atoms with Crippen LogP contribution in [-0.4, -0.2) is 10.8 Å². The van der Waals surface area contributed by atoms with Gasteiger partial charge in [-0.3, -0.25) is 0 Å². The van der Waals surface area contributed by atoms with E-state index in [1.165, 1.54) is 17.8 Å². The van der Waals surface area contributed by atoms with Gasteiger partial charge in [-0.05, 0) is 17.7 Å². The van der Waals surface area contributed by atoms with Crippen LogP contribution in [0.25, 0.3) is 0 Å². The fourth-order valence-electron chi connectivity index (χ4n) is 1.65. The Morgan fingerprint density at radius 1 is 1.15 bits per heavy atom. The van der Waals surface area contributed by atoms with Gasteiger partial charge in [0.25, 0.3) is 0 Å². The number of benzene rings is 1. The van der Waals surface area contributed by atoms with E-state index < -0.39 is 11.7 Å². The monoisotopic (exact) mass is 305 g/mol. The highest BCUT2D eigenvalue weighted by molar-refractivity contribution is 8.00. The van der Waals surface area contributed by atoms with E-state index in [0.29, 0.717) is 17.0 Å². The van der Waals surface area contributed by atoms with Crippen molar-refractivity contribution in [3.05, 3.63) is 29.3 Å². The topological polar surface area (TPSA) is 12.0 Å². The van der Waals surface area contributed by atoms with Crippen LogP contribution in [0, 0.1) is 0 Å². The lowest BCUT2D eigenvalue weighted by molar-refractivity contribution is -0.139. The van der Waals surface area contributed by atoms with Gasteiger partial charge in [-0.2, -0.15) is 13.2 Å². The quantitative estimate of drug-likeness (QED) is 0.777. The Morgan fingerprint density at radius 3 is 2.20 bits per heavy atom. The van der Waals surface area contributed by atoms with Gasteiger partial charge in [-0.15, -0.1) is 11.8 Å². The summed E-state index contributed by atoms with van der Waals surface area (Å²) in [6.45, 7) is 10.1. The average molecular weight is 305 g/mol. The molecule has 1 N–H and O–H groups in total. The zero-order valence-electron chi connectivity index (χ0n) is 12.6. The lowest BCUT2D eigenvalue weighted by atomic mass is 10.1. The first-order valence-electron chi connectivity index (χ1n) is 6.61. The minimum atomic E-state index is -4.32. The van der Waals surface area contributed by atoms with Crippen molar-refractivity contribution < 1.29 is 13.2 Å². The van der Waals surface area contributed by atoms with Crippen LogP contribution in [0.1, 0.15) is 45.7 Å². The molecule has 1 nitrogen and oxygen atoms in total. The van der Waals surface area contributed by atoms with Gasteiger partial charge in [-0.1, -0.05) is 40.7 Å². The van der Waals surface area contributed by atoms with Crippen LogP contribution in [-0.2, 0) is 12.7 Å². The molecule has 0 aromatic heterocycles. The Hall–Kier alpha value is -0.680. The summed E-state index contributed by atoms with van der Waals surface area (Å²) in [5, 5.41) is 3.13. The van der Waals surface area contributed by atoms with Gasteiger partial charge >= 0.3 is 6.18 Å². The third kappa shape index (κ3) is 5.75. The summed E-state index contributed by atoms with van der Waals surface area (Å²) < 4.78 is 39.3. The van der Waals surface area contributed by atoms with Crippen molar-refractivity contribution in [1.29, 1.82) is 0 Å². The summed E-state index contributed by atoms with van der Waals surface area (Å²) in [5.74, 6) is 0. The molecule has 1 aromatic rings. The molecular weight excluding hydrogens is 283 g/mol. The first kappa shape index (κ1) is 17.4. The van der Waals surface area contributed by atoms with Crippen molar-refractivity contribution in [2.75, 3.05) is 0 Å². The molecule has 0 amide bonds. The number of hydrogen-bond donors (Lipinski definition) is 1. The van der Waals surface area contributed by atoms with Crippen LogP contribution in [0.3, 0.4) is 0 Å². The van der Waals surface area contributed by atoms with Crippen LogP contribution in [0.4, 0.5) is 13.2 Å². The molecule has 0 radical (unpaired) electrons. The predicted octanol–water partition coefficient (Wildman–Crippen LogP) is 5.09. The minimum Gasteiger partial charge on any atom is -0.310 e. The van der Waals surface area contributed by atoms with Crippen LogP contribution < -0.4 is 5.32 Å². The summed E-state index contributed by atoms with van der Waals surface area (Å²) >= 11 is 1.25. The summed E-state index contributed by atoms with van der Waals surface area (Å²) in [7, 11) is 0. The van der Waals surface area contributed by atoms with E-state index in [1.54, 1.807) is 12.1 Å². The molecule has 0 aliphatic carbocycles. The van der Waals surface area contributed by atoms with E-state index in [-0.39, 0.29) is 10.8 Å². The Morgan fingerprint density at radius 2 is 1.75 bits per heavy atom. The molecule has 0 spiro atoms. The zero-order valence-corrected chi connectivity index (χ0v) is 13.4. The van der Waals surface area contributed by atoms with Gasteiger partial charge < -0.3 is 5.32 Å². The smallest absolute Gasteiger partial charge is 0.310 e. The minimum absolute atomic E-state index is 0.243. The molecule has 0 unspecified atom stereocenters. The number of rotatable bonds is 4. The molecular formula is C15H22F3NS. The molecule has 20 heavy (non-hydrogen) atoms. The second-order valence-electron chi connectivity index (χ2n) is 6.08. The molecule has 0 aliphatic heterocycles. The Labute approximate surface area is 123 Å². The predicted molar refractivity (Wildman–Crippen MR) is 79.0 cm³/mol. The van der Waals surface area contributed by atoms with Gasteiger partial charge in [-0.25, -0.2) is 0 Å². The molecule has 114 valence electrons. The summed E-state index contributed by atoms with van der Waals surface area (Å²) in [5.41, 5.74) is 0.116. The van der Waals surface area contributed by atoms with Crippen LogP contribution in [0.2, 0.25) is 0 Å². The molecule has 0 atom stereocenters. The molecule has 5 heteroatoms. The van der Waals surface area contributed by atoms with Crippen molar-refractivity contribution in [3.8, 4) is 0 Å². The molecule has 0 saturated heterocycles. The Bertz CT molecular complexity index is 447. The van der Waals surface area contributed by atoms with Crippen molar-refractivity contribution in [2.24, 2.45) is 0 Å². The van der Waals surface area contributed by atoms with Gasteiger partial charge in [0.1, 0.15) is 0 Å². The van der Waals surface area contributed by atoms with Crippen LogP contribution in [0.5, 0.6) is 0 Å². The lowest BCUT2D eigenvalue weighted by Crippen LogP contribution is -2.22. The number of halogens is 3. The molecule has 0 heterocycles. The van der Waals surface area contributed by atoms with Crippen molar-refractivity contribution >= 4 is 11.8 Å². The molecule has 1 rings (SSSR count). The second-order valence-corrected chi connectivity index (χ2v) is 7.95. The van der Waals surface area contributed by atoms with E-state index in [4.69, 9.17) is 0 Å². The largest absolute Gasteiger partial charge is 0.417 e. The van der Waals surface area contributed by atoms with E-state index in [0.717, 1.165) is 0 Å². The van der Waals surface area contributed by atoms with E-state index in [1.807, 2.05) is 34.6 Å². The maximum absolute atomic E-state index is 13.2. The fraction of sp³-hybridized carbons (Fsp3) is 0.600. The molecule has 0 fully saturated rings. The standard InChI is InChI=1S/C15H22F3NS/c1-10(2)19-9-11-6-7-13(20-14(3,4)5)12(8-11)15(16,17)18/h6-8,10,19H,9H2,1-5H3. The Kier molecular flexibility index (Phi) is 5.55. The number of thioether (sulfide) groups is 1. The summed E-state index contributed by atoms with van der Waals surface area (Å²) in [4.78, 5) is 0.290. The normalized spacial score (nSPS) is 13.1. The van der Waals surface area contributed by atoms with E-state index in [2.05, 4.69) is 5.32 Å². The first-order valence-corrected chi connectivity index (χ1v) is 7.43. The maximum atomic E-state index is 13.2. The summed E-state index contributed by atoms with van der Waals surface area (Å²) in [6, 6.07) is 4.84. The first-order chi connectivity index (χ1) is 8.99. The van der Waals surface area contributed by atoms with Crippen LogP contribution >= 0.6 is 11.8 Å². The third-order valence-corrected chi connectivity index (χ3v) is 3.67. The van der Waals surface area contributed by atoms with Crippen molar-refractivity contribution in [2.45, 2.75) is 63.0 Å². The zero-order chi connectivity index (χ0) is 15.6. The highest BCUT2D eigenvalue weighted by atomic mass is 32.2. The lowest BCUT2D eigenvalue weighted by Gasteiger charge is -2.21. The number of nitrogens with one attached hydrogen (secondary N) is 1. The number of hydrogen-bond acceptors (Lipinski definition) is 2. The van der Waals surface area contributed by atoms with Crippen molar-refractivity contribution in [3.63, 3.8) is 0 Å². The second kappa shape index (κ2) is 6.39. The molecule has 0 aliphatic rings. The highest BCUT2D eigenvalue weighted by Crippen LogP contribution is 2.41. The maximum Gasteiger partial charge on any atom is 0.417 e. The van der Waals surface area contributed by atoms with Gasteiger partial charge in [0.2, 0.25) is 0 Å². The third-order valence-electron chi connectivity index (χ3n) is 2.48. The fourth-order valence-corrected chi connectivity index (χ4v) is 2.73. The molecule has 0 bridgehead atoms. The SMILES string of the molecule is CC(C)NCc1ccc(SC(C)(C)C)c(C(F)(F)F)c1. The highest BCUT2D eigenvalue weighted by Gasteiger charge is 2.34. The molecule has 0 saturated carbocycles. The van der Waals surface area contributed by atoms with Gasteiger partial charge in [0, 0.05) is 22.2 Å².